The Kier molecular flexibility index (Phi) is 13.2. The first-order valence-corrected chi connectivity index (χ1v) is 11.0. The summed E-state index contributed by atoms with van der Waals surface area (Å²) in [6.07, 6.45) is -4.41. The third kappa shape index (κ3) is 9.25. The van der Waals surface area contributed by atoms with E-state index in [1.165, 1.54) is 6.08 Å². The maximum absolute atomic E-state index is 12.0. The van der Waals surface area contributed by atoms with Crippen molar-refractivity contribution in [3.63, 3.8) is 0 Å². The average molecular weight is 493 g/mol. The number of hydrogen-bond acceptors (Lipinski definition) is 10. The fourth-order valence-electron chi connectivity index (χ4n) is 3.38. The molecule has 0 spiro atoms. The number of rotatable bonds is 16. The second kappa shape index (κ2) is 15.0. The summed E-state index contributed by atoms with van der Waals surface area (Å²) in [5.74, 6) is -4.72. The molecular weight excluding hydrogens is 456 g/mol. The molecule has 0 aromatic heterocycles. The SMILES string of the molecule is C=CC(=O)NCCCOCCCCOC1(C(=O)O)CC(O)C(NC(C)=O)C([C@@H](O)[C@H](O)CO)O1. The van der Waals surface area contributed by atoms with Crippen molar-refractivity contribution >= 4 is 17.8 Å². The van der Waals surface area contributed by atoms with Crippen molar-refractivity contribution in [3.05, 3.63) is 12.7 Å². The smallest absolute Gasteiger partial charge is 0.364 e. The summed E-state index contributed by atoms with van der Waals surface area (Å²) in [6, 6.07) is -1.24. The van der Waals surface area contributed by atoms with Gasteiger partial charge in [0.25, 0.3) is 5.79 Å². The monoisotopic (exact) mass is 492 g/mol. The predicted molar refractivity (Wildman–Crippen MR) is 116 cm³/mol. The topological polar surface area (TPSA) is 204 Å². The van der Waals surface area contributed by atoms with Crippen LogP contribution < -0.4 is 10.6 Å². The summed E-state index contributed by atoms with van der Waals surface area (Å²) in [6.45, 7) is 4.82. The molecule has 0 radical (unpaired) electrons. The lowest BCUT2D eigenvalue weighted by Gasteiger charge is -2.46. The number of aliphatic carboxylic acids is 1. The molecule has 196 valence electrons. The molecule has 0 aromatic rings. The van der Waals surface area contributed by atoms with E-state index in [2.05, 4.69) is 17.2 Å². The van der Waals surface area contributed by atoms with Crippen molar-refractivity contribution in [1.29, 1.82) is 0 Å². The molecule has 1 aliphatic rings. The third-order valence-corrected chi connectivity index (χ3v) is 5.15. The van der Waals surface area contributed by atoms with E-state index in [1.54, 1.807) is 0 Å². The Morgan fingerprint density at radius 1 is 1.21 bits per heavy atom. The highest BCUT2D eigenvalue weighted by atomic mass is 16.7. The lowest BCUT2D eigenvalue weighted by molar-refractivity contribution is -0.311. The molecule has 4 unspecified atom stereocenters. The van der Waals surface area contributed by atoms with Gasteiger partial charge < -0.3 is 50.4 Å². The normalized spacial score (nSPS) is 26.3. The summed E-state index contributed by atoms with van der Waals surface area (Å²) in [4.78, 5) is 34.5. The summed E-state index contributed by atoms with van der Waals surface area (Å²) < 4.78 is 16.4. The Balaban J connectivity index is 2.61. The zero-order valence-electron chi connectivity index (χ0n) is 19.2. The molecule has 1 saturated heterocycles. The van der Waals surface area contributed by atoms with E-state index < -0.39 is 61.1 Å². The number of aliphatic hydroxyl groups excluding tert-OH is 4. The molecule has 0 saturated carbocycles. The van der Waals surface area contributed by atoms with Gasteiger partial charge in [0.05, 0.1) is 25.4 Å². The standard InChI is InChI=1S/C21H36N2O11/c1-3-16(28)22-7-6-9-32-8-4-5-10-33-21(20(30)31)11-14(26)17(23-13(2)25)19(34-21)18(29)15(27)12-24/h3,14-15,17-19,24,26-27,29H,1,4-12H2,2H3,(H,22,28)(H,23,25)(H,30,31)/t14?,15-,17?,18+,19?,21?/m1/s1. The van der Waals surface area contributed by atoms with Gasteiger partial charge in [-0.25, -0.2) is 4.79 Å². The zero-order chi connectivity index (χ0) is 25.7. The van der Waals surface area contributed by atoms with Gasteiger partial charge in [0.1, 0.15) is 18.3 Å². The molecule has 2 amide bonds. The average Bonchev–Trinajstić information content (AvgIpc) is 2.80. The van der Waals surface area contributed by atoms with Crippen molar-refractivity contribution < 1.29 is 54.1 Å². The molecule has 0 aliphatic carbocycles. The van der Waals surface area contributed by atoms with E-state index in [-0.39, 0.29) is 12.5 Å². The molecule has 1 aliphatic heterocycles. The summed E-state index contributed by atoms with van der Waals surface area (Å²) in [7, 11) is 0. The van der Waals surface area contributed by atoms with Crippen LogP contribution in [0.25, 0.3) is 0 Å². The quantitative estimate of drug-likeness (QED) is 0.0896. The third-order valence-electron chi connectivity index (χ3n) is 5.15. The van der Waals surface area contributed by atoms with Crippen LogP contribution in [-0.4, -0.2) is 113 Å². The number of aliphatic hydroxyl groups is 4. The van der Waals surface area contributed by atoms with Gasteiger partial charge in [0.2, 0.25) is 11.8 Å². The number of unbranched alkanes of at least 4 members (excludes halogenated alkanes) is 1. The molecule has 1 fully saturated rings. The fourth-order valence-corrected chi connectivity index (χ4v) is 3.38. The van der Waals surface area contributed by atoms with Crippen LogP contribution in [0.2, 0.25) is 0 Å². The first-order chi connectivity index (χ1) is 16.1. The number of carbonyl (C=O) groups excluding carboxylic acids is 2. The predicted octanol–water partition coefficient (Wildman–Crippen LogP) is -2.36. The van der Waals surface area contributed by atoms with E-state index in [0.717, 1.165) is 6.92 Å². The molecule has 6 atom stereocenters. The number of ether oxygens (including phenoxy) is 3. The molecule has 13 nitrogen and oxygen atoms in total. The minimum absolute atomic E-state index is 0.0755. The van der Waals surface area contributed by atoms with Crippen LogP contribution in [0.15, 0.2) is 12.7 Å². The molecule has 7 N–H and O–H groups in total. The lowest BCUT2D eigenvalue weighted by atomic mass is 9.88. The maximum Gasteiger partial charge on any atom is 0.364 e. The van der Waals surface area contributed by atoms with Crippen LogP contribution in [0, 0.1) is 0 Å². The molecule has 34 heavy (non-hydrogen) atoms. The molecule has 0 bridgehead atoms. The first kappa shape index (κ1) is 29.9. The van der Waals surface area contributed by atoms with E-state index in [0.29, 0.717) is 39.0 Å². The Morgan fingerprint density at radius 2 is 1.85 bits per heavy atom. The summed E-state index contributed by atoms with van der Waals surface area (Å²) in [5.41, 5.74) is 0. The fraction of sp³-hybridized carbons (Fsp3) is 0.762. The Bertz CT molecular complexity index is 677. The number of hydrogen-bond donors (Lipinski definition) is 7. The first-order valence-electron chi connectivity index (χ1n) is 11.0. The number of carboxylic acids is 1. The van der Waals surface area contributed by atoms with Gasteiger partial charge in [0.15, 0.2) is 0 Å². The van der Waals surface area contributed by atoms with Gasteiger partial charge in [-0.15, -0.1) is 0 Å². The molecule has 1 rings (SSSR count). The lowest BCUT2D eigenvalue weighted by Crippen LogP contribution is -2.67. The van der Waals surface area contributed by atoms with Crippen molar-refractivity contribution in [2.24, 2.45) is 0 Å². The van der Waals surface area contributed by atoms with Crippen LogP contribution in [0.1, 0.15) is 32.6 Å². The molecule has 0 aromatic carbocycles. The Hall–Kier alpha value is -2.13. The molecule has 1 heterocycles. The molecule has 13 heteroatoms. The number of amides is 2. The minimum Gasteiger partial charge on any atom is -0.477 e. The van der Waals surface area contributed by atoms with Crippen molar-refractivity contribution in [2.75, 3.05) is 33.0 Å². The minimum atomic E-state index is -2.33. The van der Waals surface area contributed by atoms with Gasteiger partial charge in [-0.05, 0) is 25.3 Å². The van der Waals surface area contributed by atoms with Gasteiger partial charge in [0, 0.05) is 33.1 Å². The Labute approximate surface area is 197 Å². The van der Waals surface area contributed by atoms with Crippen LogP contribution in [-0.2, 0) is 28.6 Å². The van der Waals surface area contributed by atoms with E-state index >= 15 is 0 Å². The largest absolute Gasteiger partial charge is 0.477 e. The van der Waals surface area contributed by atoms with Crippen LogP contribution in [0.4, 0.5) is 0 Å². The van der Waals surface area contributed by atoms with Gasteiger partial charge in [-0.1, -0.05) is 6.58 Å². The van der Waals surface area contributed by atoms with Gasteiger partial charge >= 0.3 is 5.97 Å². The number of carbonyl (C=O) groups is 3. The summed E-state index contributed by atoms with van der Waals surface area (Å²) >= 11 is 0. The van der Waals surface area contributed by atoms with Gasteiger partial charge in [-0.2, -0.15) is 0 Å². The second-order valence-corrected chi connectivity index (χ2v) is 7.90. The molecular formula is C21H36N2O11. The highest BCUT2D eigenvalue weighted by Crippen LogP contribution is 2.33. The van der Waals surface area contributed by atoms with Crippen LogP contribution in [0.3, 0.4) is 0 Å². The van der Waals surface area contributed by atoms with E-state index in [1.807, 2.05) is 0 Å². The van der Waals surface area contributed by atoms with Crippen molar-refractivity contribution in [1.82, 2.24) is 10.6 Å². The van der Waals surface area contributed by atoms with Crippen molar-refractivity contribution in [3.8, 4) is 0 Å². The summed E-state index contributed by atoms with van der Waals surface area (Å²) in [5, 5.41) is 54.6. The Morgan fingerprint density at radius 3 is 2.44 bits per heavy atom. The highest BCUT2D eigenvalue weighted by molar-refractivity contribution is 5.86. The van der Waals surface area contributed by atoms with Crippen LogP contribution in [0.5, 0.6) is 0 Å². The van der Waals surface area contributed by atoms with Crippen molar-refractivity contribution in [2.45, 2.75) is 68.9 Å². The maximum atomic E-state index is 12.0. The van der Waals surface area contributed by atoms with Crippen LogP contribution >= 0.6 is 0 Å². The van der Waals surface area contributed by atoms with E-state index in [9.17, 15) is 34.8 Å². The van der Waals surface area contributed by atoms with E-state index in [4.69, 9.17) is 19.3 Å². The number of nitrogens with one attached hydrogen (secondary N) is 2. The highest BCUT2D eigenvalue weighted by Gasteiger charge is 2.55. The zero-order valence-corrected chi connectivity index (χ0v) is 19.2. The van der Waals surface area contributed by atoms with Gasteiger partial charge in [-0.3, -0.25) is 9.59 Å². The number of carboxylic acid groups (broad SMARTS) is 1. The second-order valence-electron chi connectivity index (χ2n) is 7.90.